The molecule has 4 aromatic rings. The lowest BCUT2D eigenvalue weighted by Crippen LogP contribution is -2.12. The Morgan fingerprint density at radius 2 is 1.91 bits per heavy atom. The normalized spacial score (nSPS) is 14.6. The van der Waals surface area contributed by atoms with Gasteiger partial charge in [0.05, 0.1) is 29.4 Å². The number of hydrogen-bond acceptors (Lipinski definition) is 4. The molecule has 33 heavy (non-hydrogen) atoms. The van der Waals surface area contributed by atoms with E-state index >= 15 is 0 Å². The molecule has 168 valence electrons. The minimum Gasteiger partial charge on any atom is -0.480 e. The molecule has 0 atom stereocenters. The summed E-state index contributed by atoms with van der Waals surface area (Å²) in [4.78, 5) is 28.6. The van der Waals surface area contributed by atoms with Crippen LogP contribution in [0.25, 0.3) is 33.1 Å². The van der Waals surface area contributed by atoms with Gasteiger partial charge in [0, 0.05) is 17.0 Å². The van der Waals surface area contributed by atoms with Crippen LogP contribution >= 0.6 is 0 Å². The van der Waals surface area contributed by atoms with Crippen LogP contribution < -0.4 is 0 Å². The summed E-state index contributed by atoms with van der Waals surface area (Å²) in [7, 11) is 1.35. The predicted molar refractivity (Wildman–Crippen MR) is 127 cm³/mol. The van der Waals surface area contributed by atoms with E-state index in [1.165, 1.54) is 19.1 Å². The topological polar surface area (TPSA) is 81.4 Å². The maximum absolute atomic E-state index is 12.2. The first-order valence-corrected chi connectivity index (χ1v) is 11.4. The Hall–Kier alpha value is -3.67. The van der Waals surface area contributed by atoms with Gasteiger partial charge in [0.2, 0.25) is 0 Å². The standard InChI is InChI=1S/C27H26N2O4/c1-33-27(32)20-9-11-21-23(15-20)29(16-24(30)31)26(25(21)17-6-3-2-4-7-17)19-10-12-22-18(14-19)8-5-13-28-22/h5,8-15,17H,2-4,6-7,16H2,1H3,(H,30,31). The van der Waals surface area contributed by atoms with Crippen LogP contribution in [0, 0.1) is 0 Å². The number of carbonyl (C=O) groups is 2. The summed E-state index contributed by atoms with van der Waals surface area (Å²) in [5, 5.41) is 11.8. The van der Waals surface area contributed by atoms with Crippen molar-refractivity contribution in [3.05, 3.63) is 65.9 Å². The summed E-state index contributed by atoms with van der Waals surface area (Å²) in [6.07, 6.45) is 7.48. The van der Waals surface area contributed by atoms with Gasteiger partial charge in [-0.2, -0.15) is 0 Å². The van der Waals surface area contributed by atoms with Gasteiger partial charge >= 0.3 is 11.9 Å². The minimum absolute atomic E-state index is 0.186. The smallest absolute Gasteiger partial charge is 0.337 e. The Labute approximate surface area is 191 Å². The molecular weight excluding hydrogens is 416 g/mol. The highest BCUT2D eigenvalue weighted by Crippen LogP contribution is 2.44. The second-order valence-electron chi connectivity index (χ2n) is 8.71. The molecule has 0 spiro atoms. The summed E-state index contributed by atoms with van der Waals surface area (Å²) in [5.74, 6) is -1.01. The average molecular weight is 443 g/mol. The average Bonchev–Trinajstić information content (AvgIpc) is 3.16. The summed E-state index contributed by atoms with van der Waals surface area (Å²) in [6, 6.07) is 15.5. The van der Waals surface area contributed by atoms with Crippen LogP contribution in [0.1, 0.15) is 53.9 Å². The monoisotopic (exact) mass is 442 g/mol. The van der Waals surface area contributed by atoms with E-state index in [9.17, 15) is 14.7 Å². The molecule has 0 bridgehead atoms. The van der Waals surface area contributed by atoms with Gasteiger partial charge < -0.3 is 14.4 Å². The van der Waals surface area contributed by atoms with E-state index in [2.05, 4.69) is 11.1 Å². The van der Waals surface area contributed by atoms with Crippen molar-refractivity contribution in [2.24, 2.45) is 0 Å². The van der Waals surface area contributed by atoms with Gasteiger partial charge in [0.25, 0.3) is 0 Å². The van der Waals surface area contributed by atoms with E-state index in [-0.39, 0.29) is 6.54 Å². The number of fused-ring (bicyclic) bond motifs is 2. The maximum atomic E-state index is 12.2. The molecule has 0 saturated heterocycles. The fourth-order valence-corrected chi connectivity index (χ4v) is 5.26. The lowest BCUT2D eigenvalue weighted by atomic mass is 9.81. The number of rotatable bonds is 5. The second kappa shape index (κ2) is 8.70. The third-order valence-corrected chi connectivity index (χ3v) is 6.71. The Balaban J connectivity index is 1.83. The molecule has 1 N–H and O–H groups in total. The zero-order valence-corrected chi connectivity index (χ0v) is 18.6. The van der Waals surface area contributed by atoms with Crippen LogP contribution in [0.2, 0.25) is 0 Å². The number of benzene rings is 2. The number of aromatic nitrogens is 2. The van der Waals surface area contributed by atoms with Crippen LogP contribution in [0.5, 0.6) is 0 Å². The first kappa shape index (κ1) is 21.2. The second-order valence-corrected chi connectivity index (χ2v) is 8.71. The minimum atomic E-state index is -0.922. The summed E-state index contributed by atoms with van der Waals surface area (Å²) in [6.45, 7) is -0.186. The Morgan fingerprint density at radius 3 is 2.67 bits per heavy atom. The molecule has 0 aliphatic heterocycles. The number of carboxylic acid groups (broad SMARTS) is 1. The molecule has 6 nitrogen and oxygen atoms in total. The van der Waals surface area contributed by atoms with Crippen LogP contribution in [-0.4, -0.2) is 33.7 Å². The van der Waals surface area contributed by atoms with Gasteiger partial charge in [-0.25, -0.2) is 4.79 Å². The van der Waals surface area contributed by atoms with E-state index in [0.29, 0.717) is 11.5 Å². The lowest BCUT2D eigenvalue weighted by molar-refractivity contribution is -0.137. The van der Waals surface area contributed by atoms with Crippen molar-refractivity contribution in [1.29, 1.82) is 0 Å². The SMILES string of the molecule is COC(=O)c1ccc2c(C3CCCCC3)c(-c3ccc4ncccc4c3)n(CC(=O)O)c2c1. The molecule has 2 aromatic carbocycles. The van der Waals surface area contributed by atoms with E-state index in [4.69, 9.17) is 4.74 Å². The zero-order chi connectivity index (χ0) is 22.9. The highest BCUT2D eigenvalue weighted by Gasteiger charge is 2.28. The third-order valence-electron chi connectivity index (χ3n) is 6.71. The summed E-state index contributed by atoms with van der Waals surface area (Å²) >= 11 is 0. The first-order chi connectivity index (χ1) is 16.1. The van der Waals surface area contributed by atoms with Gasteiger partial charge in [-0.1, -0.05) is 37.5 Å². The molecular formula is C27H26N2O4. The van der Waals surface area contributed by atoms with E-state index in [0.717, 1.165) is 58.7 Å². The number of pyridine rings is 1. The number of carbonyl (C=O) groups excluding carboxylic acids is 1. The van der Waals surface area contributed by atoms with E-state index in [1.54, 1.807) is 18.3 Å². The number of ether oxygens (including phenoxy) is 1. The van der Waals surface area contributed by atoms with Crippen molar-refractivity contribution in [2.45, 2.75) is 44.6 Å². The predicted octanol–water partition coefficient (Wildman–Crippen LogP) is 5.78. The van der Waals surface area contributed by atoms with Gasteiger partial charge in [0.15, 0.2) is 0 Å². The molecule has 0 amide bonds. The molecule has 2 aromatic heterocycles. The largest absolute Gasteiger partial charge is 0.480 e. The van der Waals surface area contributed by atoms with E-state index < -0.39 is 11.9 Å². The first-order valence-electron chi connectivity index (χ1n) is 11.4. The van der Waals surface area contributed by atoms with Crippen molar-refractivity contribution in [1.82, 2.24) is 9.55 Å². The van der Waals surface area contributed by atoms with Crippen molar-refractivity contribution in [3.8, 4) is 11.3 Å². The lowest BCUT2D eigenvalue weighted by Gasteiger charge is -2.23. The zero-order valence-electron chi connectivity index (χ0n) is 18.6. The van der Waals surface area contributed by atoms with Crippen LogP contribution in [-0.2, 0) is 16.1 Å². The fraction of sp³-hybridized carbons (Fsp3) is 0.296. The number of hydrogen-bond donors (Lipinski definition) is 1. The molecule has 6 heteroatoms. The number of esters is 1. The molecule has 0 radical (unpaired) electrons. The number of aliphatic carboxylic acids is 1. The quantitative estimate of drug-likeness (QED) is 0.397. The maximum Gasteiger partial charge on any atom is 0.337 e. The number of carboxylic acids is 1. The molecule has 1 fully saturated rings. The van der Waals surface area contributed by atoms with Crippen LogP contribution in [0.15, 0.2) is 54.7 Å². The molecule has 1 aliphatic carbocycles. The number of methoxy groups -OCH3 is 1. The Morgan fingerprint density at radius 1 is 1.09 bits per heavy atom. The van der Waals surface area contributed by atoms with Gasteiger partial charge in [-0.05, 0) is 60.2 Å². The van der Waals surface area contributed by atoms with Crippen molar-refractivity contribution in [2.75, 3.05) is 7.11 Å². The highest BCUT2D eigenvalue weighted by atomic mass is 16.5. The van der Waals surface area contributed by atoms with Gasteiger partial charge in [-0.3, -0.25) is 9.78 Å². The summed E-state index contributed by atoms with van der Waals surface area (Å²) in [5.41, 5.74) is 5.14. The van der Waals surface area contributed by atoms with E-state index in [1.807, 2.05) is 34.9 Å². The third kappa shape index (κ3) is 3.86. The Kier molecular flexibility index (Phi) is 5.58. The van der Waals surface area contributed by atoms with Crippen molar-refractivity contribution < 1.29 is 19.4 Å². The molecule has 1 aliphatic rings. The Bertz CT molecular complexity index is 1370. The van der Waals surface area contributed by atoms with Crippen LogP contribution in [0.4, 0.5) is 0 Å². The number of nitrogens with zero attached hydrogens (tertiary/aromatic N) is 2. The van der Waals surface area contributed by atoms with Crippen molar-refractivity contribution in [3.63, 3.8) is 0 Å². The van der Waals surface area contributed by atoms with Crippen molar-refractivity contribution >= 4 is 33.7 Å². The fourth-order valence-electron chi connectivity index (χ4n) is 5.26. The van der Waals surface area contributed by atoms with Crippen LogP contribution in [0.3, 0.4) is 0 Å². The molecule has 1 saturated carbocycles. The van der Waals surface area contributed by atoms with Gasteiger partial charge in [0.1, 0.15) is 6.54 Å². The molecule has 0 unspecified atom stereocenters. The highest BCUT2D eigenvalue weighted by molar-refractivity contribution is 6.00. The molecule has 5 rings (SSSR count). The molecule has 2 heterocycles. The van der Waals surface area contributed by atoms with Gasteiger partial charge in [-0.15, -0.1) is 0 Å². The summed E-state index contributed by atoms with van der Waals surface area (Å²) < 4.78 is 6.77.